The molecule has 6 nitrogen and oxygen atoms in total. The highest BCUT2D eigenvalue weighted by atomic mass is 79.9. The standard InChI is InChI=1S/C26H18Br2F3N3O3/c1-3-11-37-23-20(36-2)13-16(21(27)22(23)28)14-32-34-24(15-7-6-8-17(12-15)26(29,30)31)33-19-10-5-4-9-18(19)25(34)35/h3-10,12-14H,1,11H2,2H3. The van der Waals surface area contributed by atoms with E-state index < -0.39 is 17.3 Å². The molecule has 0 radical (unpaired) electrons. The molecule has 0 aliphatic heterocycles. The minimum Gasteiger partial charge on any atom is -0.493 e. The van der Waals surface area contributed by atoms with Gasteiger partial charge >= 0.3 is 6.18 Å². The summed E-state index contributed by atoms with van der Waals surface area (Å²) < 4.78 is 53.4. The van der Waals surface area contributed by atoms with Crippen molar-refractivity contribution in [1.29, 1.82) is 0 Å². The Bertz CT molecular complexity index is 1580. The van der Waals surface area contributed by atoms with Gasteiger partial charge in [0, 0.05) is 15.6 Å². The third-order valence-corrected chi connectivity index (χ3v) is 7.38. The van der Waals surface area contributed by atoms with Crippen molar-refractivity contribution in [3.8, 4) is 22.9 Å². The maximum Gasteiger partial charge on any atom is 0.416 e. The summed E-state index contributed by atoms with van der Waals surface area (Å²) in [6, 6.07) is 12.8. The number of aromatic nitrogens is 2. The van der Waals surface area contributed by atoms with E-state index in [9.17, 15) is 18.0 Å². The fourth-order valence-corrected chi connectivity index (χ4v) is 4.43. The minimum absolute atomic E-state index is 0.0425. The number of methoxy groups -OCH3 is 1. The van der Waals surface area contributed by atoms with E-state index >= 15 is 0 Å². The summed E-state index contributed by atoms with van der Waals surface area (Å²) in [6.45, 7) is 3.87. The van der Waals surface area contributed by atoms with E-state index in [-0.39, 0.29) is 23.4 Å². The first-order chi connectivity index (χ1) is 17.7. The number of benzene rings is 3. The molecular weight excluding hydrogens is 619 g/mol. The molecule has 1 aromatic heterocycles. The van der Waals surface area contributed by atoms with Gasteiger partial charge in [-0.05, 0) is 62.2 Å². The third-order valence-electron chi connectivity index (χ3n) is 5.24. The van der Waals surface area contributed by atoms with E-state index in [1.165, 1.54) is 25.5 Å². The topological polar surface area (TPSA) is 65.7 Å². The van der Waals surface area contributed by atoms with Gasteiger partial charge in [-0.1, -0.05) is 36.9 Å². The van der Waals surface area contributed by atoms with Crippen LogP contribution in [0.1, 0.15) is 11.1 Å². The predicted octanol–water partition coefficient (Wildman–Crippen LogP) is 7.06. The van der Waals surface area contributed by atoms with Gasteiger partial charge in [0.15, 0.2) is 17.3 Å². The van der Waals surface area contributed by atoms with Crippen LogP contribution in [0, 0.1) is 0 Å². The van der Waals surface area contributed by atoms with Crippen molar-refractivity contribution in [2.24, 2.45) is 5.10 Å². The second-order valence-electron chi connectivity index (χ2n) is 7.62. The number of hydrogen-bond acceptors (Lipinski definition) is 5. The number of nitrogens with zero attached hydrogens (tertiary/aromatic N) is 3. The summed E-state index contributed by atoms with van der Waals surface area (Å²) in [7, 11) is 1.47. The molecule has 0 saturated heterocycles. The van der Waals surface area contributed by atoms with Crippen molar-refractivity contribution in [2.75, 3.05) is 13.7 Å². The first kappa shape index (κ1) is 26.6. The molecule has 11 heteroatoms. The highest BCUT2D eigenvalue weighted by Gasteiger charge is 2.31. The number of alkyl halides is 3. The van der Waals surface area contributed by atoms with Crippen LogP contribution >= 0.6 is 31.9 Å². The lowest BCUT2D eigenvalue weighted by Crippen LogP contribution is -2.20. The van der Waals surface area contributed by atoms with Crippen LogP contribution in [0.15, 0.2) is 86.1 Å². The monoisotopic (exact) mass is 635 g/mol. The van der Waals surface area contributed by atoms with Gasteiger partial charge in [0.05, 0.1) is 34.3 Å². The zero-order valence-corrected chi connectivity index (χ0v) is 22.4. The fraction of sp³-hybridized carbons (Fsp3) is 0.115. The Kier molecular flexibility index (Phi) is 7.84. The molecule has 4 aromatic rings. The largest absolute Gasteiger partial charge is 0.493 e. The van der Waals surface area contributed by atoms with E-state index in [2.05, 4.69) is 48.5 Å². The molecule has 0 saturated carbocycles. The predicted molar refractivity (Wildman–Crippen MR) is 144 cm³/mol. The Morgan fingerprint density at radius 1 is 1.11 bits per heavy atom. The summed E-state index contributed by atoms with van der Waals surface area (Å²) in [5.41, 5.74) is -0.483. The summed E-state index contributed by atoms with van der Waals surface area (Å²) in [6.07, 6.45) is -1.60. The maximum atomic E-state index is 13.4. The van der Waals surface area contributed by atoms with E-state index in [1.54, 1.807) is 36.4 Å². The summed E-state index contributed by atoms with van der Waals surface area (Å²) in [5, 5.41) is 4.60. The average molecular weight is 637 g/mol. The smallest absolute Gasteiger partial charge is 0.416 e. The molecule has 4 rings (SSSR count). The summed E-state index contributed by atoms with van der Waals surface area (Å²) in [5.74, 6) is 0.778. The van der Waals surface area contributed by atoms with Crippen molar-refractivity contribution in [3.05, 3.63) is 97.7 Å². The second-order valence-corrected chi connectivity index (χ2v) is 9.20. The first-order valence-electron chi connectivity index (χ1n) is 10.7. The van der Waals surface area contributed by atoms with Crippen molar-refractivity contribution >= 4 is 49.0 Å². The lowest BCUT2D eigenvalue weighted by molar-refractivity contribution is -0.137. The van der Waals surface area contributed by atoms with E-state index in [0.717, 1.165) is 16.8 Å². The van der Waals surface area contributed by atoms with Gasteiger partial charge < -0.3 is 9.47 Å². The van der Waals surface area contributed by atoms with E-state index in [1.807, 2.05) is 0 Å². The van der Waals surface area contributed by atoms with Gasteiger partial charge in [-0.25, -0.2) is 4.98 Å². The fourth-order valence-electron chi connectivity index (χ4n) is 3.50. The third kappa shape index (κ3) is 5.47. The zero-order chi connectivity index (χ0) is 26.7. The lowest BCUT2D eigenvalue weighted by Gasteiger charge is -2.15. The molecule has 190 valence electrons. The number of para-hydroxylation sites is 1. The number of fused-ring (bicyclic) bond motifs is 1. The van der Waals surface area contributed by atoms with E-state index in [0.29, 0.717) is 31.5 Å². The molecular formula is C26H18Br2F3N3O3. The molecule has 0 spiro atoms. The van der Waals surface area contributed by atoms with Crippen LogP contribution in [0.2, 0.25) is 0 Å². The van der Waals surface area contributed by atoms with Crippen molar-refractivity contribution in [3.63, 3.8) is 0 Å². The van der Waals surface area contributed by atoms with Crippen LogP contribution in [0.3, 0.4) is 0 Å². The summed E-state index contributed by atoms with van der Waals surface area (Å²) >= 11 is 6.95. The highest BCUT2D eigenvalue weighted by molar-refractivity contribution is 9.13. The van der Waals surface area contributed by atoms with E-state index in [4.69, 9.17) is 9.47 Å². The molecule has 0 N–H and O–H groups in total. The van der Waals surface area contributed by atoms with Crippen LogP contribution in [0.4, 0.5) is 13.2 Å². The number of hydrogen-bond donors (Lipinski definition) is 0. The lowest BCUT2D eigenvalue weighted by atomic mass is 10.1. The van der Waals surface area contributed by atoms with Crippen molar-refractivity contribution in [1.82, 2.24) is 9.66 Å². The van der Waals surface area contributed by atoms with Crippen LogP contribution < -0.4 is 15.0 Å². The number of halogens is 5. The maximum absolute atomic E-state index is 13.4. The SMILES string of the molecule is C=CCOc1c(OC)cc(C=Nn2c(-c3cccc(C(F)(F)F)c3)nc3ccccc3c2=O)c(Br)c1Br. The molecule has 0 unspecified atom stereocenters. The van der Waals surface area contributed by atoms with Gasteiger partial charge in [0.25, 0.3) is 5.56 Å². The average Bonchev–Trinajstić information content (AvgIpc) is 2.89. The molecule has 0 bridgehead atoms. The number of rotatable bonds is 7. The second kappa shape index (κ2) is 10.9. The highest BCUT2D eigenvalue weighted by Crippen LogP contribution is 2.42. The molecule has 1 heterocycles. The summed E-state index contributed by atoms with van der Waals surface area (Å²) in [4.78, 5) is 17.9. The minimum atomic E-state index is -4.57. The Hall–Kier alpha value is -3.44. The first-order valence-corrected chi connectivity index (χ1v) is 12.3. The van der Waals surface area contributed by atoms with Gasteiger partial charge in [0.2, 0.25) is 0 Å². The molecule has 0 fully saturated rings. The Labute approximate surface area is 226 Å². The molecule has 0 aliphatic rings. The van der Waals surface area contributed by atoms with Gasteiger partial charge in [-0.2, -0.15) is 22.9 Å². The Morgan fingerprint density at radius 3 is 2.57 bits per heavy atom. The van der Waals surface area contributed by atoms with Gasteiger partial charge in [-0.3, -0.25) is 4.79 Å². The van der Waals surface area contributed by atoms with Crippen molar-refractivity contribution < 1.29 is 22.6 Å². The van der Waals surface area contributed by atoms with Crippen molar-refractivity contribution in [2.45, 2.75) is 6.18 Å². The van der Waals surface area contributed by atoms with Crippen LogP contribution in [-0.4, -0.2) is 29.6 Å². The van der Waals surface area contributed by atoms with Gasteiger partial charge in [0.1, 0.15) is 6.61 Å². The van der Waals surface area contributed by atoms with Crippen LogP contribution in [-0.2, 0) is 6.18 Å². The molecule has 0 aliphatic carbocycles. The van der Waals surface area contributed by atoms with Gasteiger partial charge in [-0.15, -0.1) is 0 Å². The Morgan fingerprint density at radius 2 is 1.86 bits per heavy atom. The Balaban J connectivity index is 1.91. The number of ether oxygens (including phenoxy) is 2. The van der Waals surface area contributed by atoms with Crippen LogP contribution in [0.25, 0.3) is 22.3 Å². The zero-order valence-electron chi connectivity index (χ0n) is 19.2. The quantitative estimate of drug-likeness (QED) is 0.161. The normalized spacial score (nSPS) is 11.7. The molecule has 0 atom stereocenters. The van der Waals surface area contributed by atoms with Crippen LogP contribution in [0.5, 0.6) is 11.5 Å². The molecule has 37 heavy (non-hydrogen) atoms. The molecule has 3 aromatic carbocycles. The molecule has 0 amide bonds.